The molecule has 1 aliphatic rings. The molecule has 0 aromatic rings. The summed E-state index contributed by atoms with van der Waals surface area (Å²) in [6.07, 6.45) is 10.3. The molecular formula is C34H62NO12P. The molecule has 13 nitrogen and oxygen atoms in total. The van der Waals surface area contributed by atoms with E-state index in [-0.39, 0.29) is 6.42 Å². The van der Waals surface area contributed by atoms with Gasteiger partial charge < -0.3 is 46.0 Å². The fraction of sp³-hybridized carbons (Fsp3) is 0.794. The maximum absolute atomic E-state index is 12.8. The van der Waals surface area contributed by atoms with Gasteiger partial charge in [0.15, 0.2) is 0 Å². The van der Waals surface area contributed by atoms with E-state index in [2.05, 4.69) is 37.4 Å². The van der Waals surface area contributed by atoms with E-state index < -0.39 is 75.2 Å². The number of hydrogen-bond acceptors (Lipinski definition) is 11. The number of rotatable bonds is 26. The molecule has 0 aliphatic heterocycles. The zero-order valence-electron chi connectivity index (χ0n) is 28.6. The molecule has 1 rings (SSSR count). The number of aliphatic hydroxyl groups is 7. The lowest BCUT2D eigenvalue weighted by atomic mass is 9.85. The molecule has 1 fully saturated rings. The molecule has 1 saturated carbocycles. The van der Waals surface area contributed by atoms with E-state index >= 15 is 0 Å². The van der Waals surface area contributed by atoms with Crippen molar-refractivity contribution >= 4 is 13.7 Å². The molecule has 8 atom stereocenters. The quantitative estimate of drug-likeness (QED) is 0.0359. The molecular weight excluding hydrogens is 645 g/mol. The zero-order valence-corrected chi connectivity index (χ0v) is 29.5. The third-order valence-corrected chi connectivity index (χ3v) is 9.16. The first-order chi connectivity index (χ1) is 22.8. The lowest BCUT2D eigenvalue weighted by Gasteiger charge is -2.41. The molecule has 0 bridgehead atoms. The minimum absolute atomic E-state index is 0.275. The monoisotopic (exact) mass is 707 g/mol. The Morgan fingerprint density at radius 3 is 1.92 bits per heavy atom. The van der Waals surface area contributed by atoms with E-state index in [0.29, 0.717) is 19.3 Å². The number of phosphoric acid groups is 1. The maximum Gasteiger partial charge on any atom is 0.472 e. The van der Waals surface area contributed by atoms with Gasteiger partial charge in [-0.1, -0.05) is 88.8 Å². The number of amides is 1. The molecule has 280 valence electrons. The minimum Gasteiger partial charge on any atom is -0.393 e. The fourth-order valence-electron chi connectivity index (χ4n) is 5.20. The number of carbonyl (C=O) groups excluding carboxylic acids is 1. The number of hydrogen-bond donors (Lipinski definition) is 9. The van der Waals surface area contributed by atoms with Crippen LogP contribution in [-0.4, -0.2) is 108 Å². The predicted molar refractivity (Wildman–Crippen MR) is 183 cm³/mol. The number of aliphatic hydroxyl groups excluding tert-OH is 7. The van der Waals surface area contributed by atoms with Gasteiger partial charge in [-0.2, -0.15) is 0 Å². The van der Waals surface area contributed by atoms with E-state index in [9.17, 15) is 50.0 Å². The Kier molecular flexibility index (Phi) is 23.6. The van der Waals surface area contributed by atoms with Crippen molar-refractivity contribution in [3.8, 4) is 0 Å². The lowest BCUT2D eigenvalue weighted by molar-refractivity contribution is -0.220. The molecule has 1 amide bonds. The lowest BCUT2D eigenvalue weighted by Crippen LogP contribution is -2.64. The van der Waals surface area contributed by atoms with Crippen molar-refractivity contribution in [1.29, 1.82) is 0 Å². The highest BCUT2D eigenvalue weighted by molar-refractivity contribution is 7.47. The molecule has 8 unspecified atom stereocenters. The van der Waals surface area contributed by atoms with Crippen LogP contribution in [-0.2, 0) is 18.4 Å². The third kappa shape index (κ3) is 18.5. The first-order valence-electron chi connectivity index (χ1n) is 17.5. The van der Waals surface area contributed by atoms with Gasteiger partial charge in [0, 0.05) is 0 Å². The van der Waals surface area contributed by atoms with Crippen LogP contribution in [0.3, 0.4) is 0 Å². The van der Waals surface area contributed by atoms with Gasteiger partial charge in [0.2, 0.25) is 5.91 Å². The van der Waals surface area contributed by atoms with Crippen LogP contribution in [0.15, 0.2) is 36.5 Å². The second-order valence-corrected chi connectivity index (χ2v) is 13.9. The molecule has 0 saturated heterocycles. The average Bonchev–Trinajstić information content (AvgIpc) is 3.05. The summed E-state index contributed by atoms with van der Waals surface area (Å²) in [6.45, 7) is 3.51. The van der Waals surface area contributed by atoms with E-state index in [1.807, 2.05) is 6.08 Å². The topological polar surface area (TPSA) is 226 Å². The Balaban J connectivity index is 2.71. The molecule has 48 heavy (non-hydrogen) atoms. The third-order valence-electron chi connectivity index (χ3n) is 8.18. The Morgan fingerprint density at radius 1 is 0.729 bits per heavy atom. The summed E-state index contributed by atoms with van der Waals surface area (Å²) in [5.74, 6) is -0.628. The normalized spacial score (nSPS) is 26.6. The van der Waals surface area contributed by atoms with Crippen molar-refractivity contribution in [2.24, 2.45) is 0 Å². The summed E-state index contributed by atoms with van der Waals surface area (Å²) in [6, 6.07) is -1.26. The van der Waals surface area contributed by atoms with Gasteiger partial charge >= 0.3 is 7.82 Å². The summed E-state index contributed by atoms with van der Waals surface area (Å²) >= 11 is 0. The molecule has 0 aromatic carbocycles. The van der Waals surface area contributed by atoms with E-state index in [4.69, 9.17) is 9.05 Å². The molecule has 0 aromatic heterocycles. The highest BCUT2D eigenvalue weighted by Crippen LogP contribution is 2.47. The zero-order chi connectivity index (χ0) is 36.0. The number of nitrogens with one attached hydrogen (secondary N) is 1. The first-order valence-corrected chi connectivity index (χ1v) is 19.0. The molecule has 9 N–H and O–H groups in total. The highest BCUT2D eigenvalue weighted by atomic mass is 31.2. The smallest absolute Gasteiger partial charge is 0.393 e. The van der Waals surface area contributed by atoms with Gasteiger partial charge in [0.1, 0.15) is 36.6 Å². The standard InChI is InChI=1S/C34H62NO12P/c1-3-5-7-9-11-12-13-14-16-17-19-21-25(36)23-28(38)35-26(27(37)22-20-18-15-10-8-6-4-2)24-46-48(44,45)47-34-32(42)30(40)29(39)31(41)33(34)43/h8,10,14,16,20,22,25-27,29-34,36-37,39-43H,3-7,9,11-13,15,17-19,21,23-24H2,1-2H3,(H,35,38)(H,44,45)/b10-8+,16-14-,22-20+. The van der Waals surface area contributed by atoms with Gasteiger partial charge in [-0.05, 0) is 51.4 Å². The summed E-state index contributed by atoms with van der Waals surface area (Å²) in [5, 5.41) is 73.5. The Morgan fingerprint density at radius 2 is 1.27 bits per heavy atom. The number of allylic oxidation sites excluding steroid dienone is 5. The summed E-state index contributed by atoms with van der Waals surface area (Å²) in [5.41, 5.74) is 0. The van der Waals surface area contributed by atoms with Crippen molar-refractivity contribution in [3.63, 3.8) is 0 Å². The van der Waals surface area contributed by atoms with Gasteiger partial charge in [-0.25, -0.2) is 4.57 Å². The van der Waals surface area contributed by atoms with Crippen LogP contribution in [0.25, 0.3) is 0 Å². The molecule has 14 heteroatoms. The Labute approximate surface area is 286 Å². The van der Waals surface area contributed by atoms with Crippen molar-refractivity contribution in [2.75, 3.05) is 6.61 Å². The Hall–Kier alpha value is -1.48. The van der Waals surface area contributed by atoms with Crippen LogP contribution in [0.2, 0.25) is 0 Å². The molecule has 0 spiro atoms. The second-order valence-electron chi connectivity index (χ2n) is 12.5. The van der Waals surface area contributed by atoms with Gasteiger partial charge in [-0.15, -0.1) is 0 Å². The maximum atomic E-state index is 12.8. The minimum atomic E-state index is -5.13. The van der Waals surface area contributed by atoms with Crippen molar-refractivity contribution in [1.82, 2.24) is 5.32 Å². The number of unbranched alkanes of at least 4 members (excludes halogenated alkanes) is 9. The van der Waals surface area contributed by atoms with Crippen LogP contribution in [0, 0.1) is 0 Å². The van der Waals surface area contributed by atoms with Crippen molar-refractivity contribution in [2.45, 2.75) is 165 Å². The van der Waals surface area contributed by atoms with E-state index in [1.165, 1.54) is 38.2 Å². The molecule has 1 aliphatic carbocycles. The van der Waals surface area contributed by atoms with Crippen LogP contribution < -0.4 is 5.32 Å². The van der Waals surface area contributed by atoms with E-state index in [0.717, 1.165) is 38.5 Å². The van der Waals surface area contributed by atoms with Gasteiger partial charge in [-0.3, -0.25) is 13.8 Å². The van der Waals surface area contributed by atoms with Crippen LogP contribution >= 0.6 is 7.82 Å². The van der Waals surface area contributed by atoms with Crippen LogP contribution in [0.1, 0.15) is 110 Å². The fourth-order valence-corrected chi connectivity index (χ4v) is 6.17. The van der Waals surface area contributed by atoms with Gasteiger partial charge in [0.25, 0.3) is 0 Å². The molecule has 0 heterocycles. The summed E-state index contributed by atoms with van der Waals surface area (Å²) in [7, 11) is -5.13. The Bertz CT molecular complexity index is 979. The summed E-state index contributed by atoms with van der Waals surface area (Å²) < 4.78 is 22.5. The van der Waals surface area contributed by atoms with Crippen LogP contribution in [0.5, 0.6) is 0 Å². The van der Waals surface area contributed by atoms with E-state index in [1.54, 1.807) is 6.08 Å². The average molecular weight is 708 g/mol. The van der Waals surface area contributed by atoms with Crippen LogP contribution in [0.4, 0.5) is 0 Å². The largest absolute Gasteiger partial charge is 0.472 e. The highest BCUT2D eigenvalue weighted by Gasteiger charge is 2.51. The number of carbonyl (C=O) groups is 1. The molecule has 0 radical (unpaired) electrons. The van der Waals surface area contributed by atoms with Crippen molar-refractivity contribution < 1.29 is 59.0 Å². The van der Waals surface area contributed by atoms with Gasteiger partial charge in [0.05, 0.1) is 31.3 Å². The number of phosphoric ester groups is 1. The predicted octanol–water partition coefficient (Wildman–Crippen LogP) is 3.07. The summed E-state index contributed by atoms with van der Waals surface area (Å²) in [4.78, 5) is 23.1. The first kappa shape index (κ1) is 44.5. The van der Waals surface area contributed by atoms with Crippen molar-refractivity contribution in [3.05, 3.63) is 36.5 Å². The second kappa shape index (κ2) is 25.5. The SMILES string of the molecule is CCC/C=C/CC/C=C/C(O)C(COP(=O)(O)OC1C(O)C(O)C(O)C(O)C1O)NC(=O)CC(O)CCC/C=C\CCCCCCCC.